The van der Waals surface area contributed by atoms with Gasteiger partial charge in [-0.2, -0.15) is 0 Å². The summed E-state index contributed by atoms with van der Waals surface area (Å²) in [5.41, 5.74) is 5.07. The third kappa shape index (κ3) is 2.20. The van der Waals surface area contributed by atoms with Crippen LogP contribution >= 0.6 is 23.2 Å². The van der Waals surface area contributed by atoms with Crippen LogP contribution in [0.1, 0.15) is 34.1 Å². The van der Waals surface area contributed by atoms with E-state index in [0.717, 1.165) is 22.3 Å². The van der Waals surface area contributed by atoms with Crippen molar-refractivity contribution in [3.05, 3.63) is 99.0 Å². The molecule has 7 rings (SSSR count). The van der Waals surface area contributed by atoms with Gasteiger partial charge in [0, 0.05) is 21.9 Å². The molecule has 2 amide bonds. The number of nitrogens with zero attached hydrogens (tertiary/aromatic N) is 1. The van der Waals surface area contributed by atoms with Crippen LogP contribution in [0.25, 0.3) is 0 Å². The summed E-state index contributed by atoms with van der Waals surface area (Å²) in [7, 11) is 0. The molecule has 2 atom stereocenters. The number of imide groups is 1. The van der Waals surface area contributed by atoms with E-state index in [0.29, 0.717) is 15.7 Å². The average Bonchev–Trinajstić information content (AvgIpc) is 2.98. The minimum Gasteiger partial charge on any atom is -0.274 e. The number of amides is 2. The van der Waals surface area contributed by atoms with Crippen LogP contribution in [0, 0.1) is 11.8 Å². The number of halogens is 2. The van der Waals surface area contributed by atoms with Crippen LogP contribution in [-0.2, 0) is 9.59 Å². The van der Waals surface area contributed by atoms with Crippen molar-refractivity contribution in [2.24, 2.45) is 11.8 Å². The maximum Gasteiger partial charge on any atom is 0.238 e. The number of hydrogen-bond acceptors (Lipinski definition) is 2. The first kappa shape index (κ1) is 17.3. The molecule has 1 fully saturated rings. The molecule has 2 bridgehead atoms. The van der Waals surface area contributed by atoms with Gasteiger partial charge in [0.05, 0.1) is 17.5 Å². The van der Waals surface area contributed by atoms with Gasteiger partial charge in [-0.25, -0.2) is 4.90 Å². The molecule has 0 unspecified atom stereocenters. The lowest BCUT2D eigenvalue weighted by molar-refractivity contribution is -0.122. The maximum absolute atomic E-state index is 13.6. The minimum absolute atomic E-state index is 0.117. The molecule has 3 aromatic rings. The highest BCUT2D eigenvalue weighted by molar-refractivity contribution is 6.35. The first-order valence-corrected chi connectivity index (χ1v) is 10.3. The highest BCUT2D eigenvalue weighted by atomic mass is 35.5. The van der Waals surface area contributed by atoms with Crippen LogP contribution in [0.4, 0.5) is 5.69 Å². The Morgan fingerprint density at radius 1 is 0.621 bits per heavy atom. The Balaban J connectivity index is 1.57. The van der Waals surface area contributed by atoms with Crippen LogP contribution in [0.3, 0.4) is 0 Å². The molecule has 0 saturated carbocycles. The number of carbonyl (C=O) groups excluding carboxylic acids is 2. The highest BCUT2D eigenvalue weighted by Crippen LogP contribution is 2.61. The molecule has 3 nitrogen and oxygen atoms in total. The molecule has 1 saturated heterocycles. The first-order chi connectivity index (χ1) is 14.1. The second-order valence-corrected chi connectivity index (χ2v) is 8.78. The van der Waals surface area contributed by atoms with E-state index < -0.39 is 11.8 Å². The summed E-state index contributed by atoms with van der Waals surface area (Å²) in [6.45, 7) is 0. The van der Waals surface area contributed by atoms with Crippen LogP contribution in [0.2, 0.25) is 10.0 Å². The van der Waals surface area contributed by atoms with Crippen LogP contribution < -0.4 is 4.90 Å². The van der Waals surface area contributed by atoms with E-state index in [1.807, 2.05) is 24.3 Å². The normalized spacial score (nSPS) is 26.3. The fourth-order valence-corrected chi connectivity index (χ4v) is 6.11. The molecule has 1 aliphatic heterocycles. The molecule has 0 radical (unpaired) electrons. The Kier molecular flexibility index (Phi) is 3.54. The van der Waals surface area contributed by atoms with Gasteiger partial charge in [-0.15, -0.1) is 0 Å². The molecule has 5 heteroatoms. The highest BCUT2D eigenvalue weighted by Gasteiger charge is 2.61. The lowest BCUT2D eigenvalue weighted by atomic mass is 9.55. The largest absolute Gasteiger partial charge is 0.274 e. The molecule has 142 valence electrons. The summed E-state index contributed by atoms with van der Waals surface area (Å²) in [6, 6.07) is 21.3. The van der Waals surface area contributed by atoms with Gasteiger partial charge in [-0.05, 0) is 40.5 Å². The van der Waals surface area contributed by atoms with E-state index in [4.69, 9.17) is 23.2 Å². The summed E-state index contributed by atoms with van der Waals surface area (Å²) < 4.78 is 0. The number of anilines is 1. The standard InChI is InChI=1S/C24H15Cl2NO2/c25-12-9-13(26)11-14(10-12)27-23(28)21-19-15-5-1-2-6-16(15)20(22(21)24(27)29)18-8-4-3-7-17(18)19/h1-11,19-22H/t19?,20?,21-,22-/m1/s1. The average molecular weight is 420 g/mol. The zero-order chi connectivity index (χ0) is 19.9. The zero-order valence-corrected chi connectivity index (χ0v) is 16.7. The monoisotopic (exact) mass is 419 g/mol. The summed E-state index contributed by atoms with van der Waals surface area (Å²) in [5, 5.41) is 0.801. The number of rotatable bonds is 1. The molecule has 0 spiro atoms. The molecular weight excluding hydrogens is 405 g/mol. The topological polar surface area (TPSA) is 37.4 Å². The predicted molar refractivity (Wildman–Crippen MR) is 113 cm³/mol. The van der Waals surface area contributed by atoms with E-state index in [2.05, 4.69) is 24.3 Å². The van der Waals surface area contributed by atoms with Crippen molar-refractivity contribution < 1.29 is 9.59 Å². The number of carbonyl (C=O) groups is 2. The summed E-state index contributed by atoms with van der Waals surface area (Å²) in [4.78, 5) is 28.5. The fraction of sp³-hybridized carbons (Fsp3) is 0.167. The fourth-order valence-electron chi connectivity index (χ4n) is 5.60. The molecule has 3 aliphatic carbocycles. The first-order valence-electron chi connectivity index (χ1n) is 9.58. The third-order valence-electron chi connectivity index (χ3n) is 6.55. The van der Waals surface area contributed by atoms with Gasteiger partial charge in [0.15, 0.2) is 0 Å². The molecular formula is C24H15Cl2NO2. The second-order valence-electron chi connectivity index (χ2n) is 7.90. The Morgan fingerprint density at radius 2 is 1.00 bits per heavy atom. The quantitative estimate of drug-likeness (QED) is 0.495. The van der Waals surface area contributed by atoms with Crippen molar-refractivity contribution in [2.75, 3.05) is 4.90 Å². The molecule has 29 heavy (non-hydrogen) atoms. The van der Waals surface area contributed by atoms with Crippen molar-refractivity contribution in [3.63, 3.8) is 0 Å². The number of benzene rings is 3. The van der Waals surface area contributed by atoms with Gasteiger partial charge in [0.2, 0.25) is 11.8 Å². The number of hydrogen-bond donors (Lipinski definition) is 0. The van der Waals surface area contributed by atoms with E-state index in [1.54, 1.807) is 18.2 Å². The molecule has 0 aromatic heterocycles. The SMILES string of the molecule is O=C1[C@@H]2C3c4ccccc4C(c4ccccc43)[C@H]2C(=O)N1c1cc(Cl)cc(Cl)c1. The van der Waals surface area contributed by atoms with Crippen LogP contribution in [0.15, 0.2) is 66.7 Å². The summed E-state index contributed by atoms with van der Waals surface area (Å²) in [5.74, 6) is -1.39. The van der Waals surface area contributed by atoms with Crippen molar-refractivity contribution in [1.29, 1.82) is 0 Å². The van der Waals surface area contributed by atoms with Crippen molar-refractivity contribution >= 4 is 40.7 Å². The van der Waals surface area contributed by atoms with Crippen LogP contribution in [0.5, 0.6) is 0 Å². The van der Waals surface area contributed by atoms with Gasteiger partial charge in [-0.3, -0.25) is 9.59 Å². The van der Waals surface area contributed by atoms with Gasteiger partial charge in [0.25, 0.3) is 0 Å². The van der Waals surface area contributed by atoms with E-state index in [-0.39, 0.29) is 23.7 Å². The van der Waals surface area contributed by atoms with Gasteiger partial charge in [-0.1, -0.05) is 71.7 Å². The Bertz CT molecular complexity index is 1090. The summed E-state index contributed by atoms with van der Waals surface area (Å²) in [6.07, 6.45) is 0. The molecule has 4 aliphatic rings. The summed E-state index contributed by atoms with van der Waals surface area (Å²) >= 11 is 12.3. The smallest absolute Gasteiger partial charge is 0.238 e. The van der Waals surface area contributed by atoms with Gasteiger partial charge >= 0.3 is 0 Å². The van der Waals surface area contributed by atoms with Crippen LogP contribution in [-0.4, -0.2) is 11.8 Å². The van der Waals surface area contributed by atoms with Crippen molar-refractivity contribution in [1.82, 2.24) is 0 Å². The van der Waals surface area contributed by atoms with Crippen molar-refractivity contribution in [3.8, 4) is 0 Å². The van der Waals surface area contributed by atoms with E-state index in [9.17, 15) is 9.59 Å². The van der Waals surface area contributed by atoms with Gasteiger partial charge in [0.1, 0.15) is 0 Å². The molecule has 1 heterocycles. The lowest BCUT2D eigenvalue weighted by Crippen LogP contribution is -2.41. The Morgan fingerprint density at radius 3 is 1.38 bits per heavy atom. The lowest BCUT2D eigenvalue weighted by Gasteiger charge is -2.45. The molecule has 0 N–H and O–H groups in total. The second kappa shape index (κ2) is 5.94. The van der Waals surface area contributed by atoms with E-state index >= 15 is 0 Å². The van der Waals surface area contributed by atoms with E-state index in [1.165, 1.54) is 4.90 Å². The zero-order valence-electron chi connectivity index (χ0n) is 15.2. The van der Waals surface area contributed by atoms with Gasteiger partial charge < -0.3 is 0 Å². The maximum atomic E-state index is 13.6. The van der Waals surface area contributed by atoms with Crippen molar-refractivity contribution in [2.45, 2.75) is 11.8 Å². The molecule has 3 aromatic carbocycles. The Labute approximate surface area is 177 Å². The Hall–Kier alpha value is -2.62. The minimum atomic E-state index is -0.407. The predicted octanol–water partition coefficient (Wildman–Crippen LogP) is 5.39. The third-order valence-corrected chi connectivity index (χ3v) is 6.99.